The standard InChI is InChI=1S/C11H14O4S/c1-3-16(13,14)10(11(12)15-2)9-7-5-4-6-8-9/h4-8,10H,3H2,1-2H3. The van der Waals surface area contributed by atoms with Crippen LogP contribution < -0.4 is 0 Å². The number of methoxy groups -OCH3 is 1. The Bertz CT molecular complexity index is 450. The molecule has 0 saturated heterocycles. The molecular formula is C11H14O4S. The van der Waals surface area contributed by atoms with Gasteiger partial charge in [0.2, 0.25) is 0 Å². The van der Waals surface area contributed by atoms with Crippen LogP contribution in [0.25, 0.3) is 0 Å². The molecule has 0 aliphatic heterocycles. The molecule has 1 atom stereocenters. The Balaban J connectivity index is 3.23. The summed E-state index contributed by atoms with van der Waals surface area (Å²) in [6, 6.07) is 8.35. The Hall–Kier alpha value is -1.36. The summed E-state index contributed by atoms with van der Waals surface area (Å²) in [4.78, 5) is 11.5. The van der Waals surface area contributed by atoms with E-state index in [1.54, 1.807) is 30.3 Å². The van der Waals surface area contributed by atoms with Crippen molar-refractivity contribution in [1.82, 2.24) is 0 Å². The molecule has 1 unspecified atom stereocenters. The van der Waals surface area contributed by atoms with Crippen LogP contribution in [0.4, 0.5) is 0 Å². The normalized spacial score (nSPS) is 13.1. The van der Waals surface area contributed by atoms with E-state index in [-0.39, 0.29) is 5.75 Å². The van der Waals surface area contributed by atoms with E-state index in [1.807, 2.05) is 0 Å². The lowest BCUT2D eigenvalue weighted by molar-refractivity contribution is -0.140. The van der Waals surface area contributed by atoms with Gasteiger partial charge >= 0.3 is 5.97 Å². The second-order valence-corrected chi connectivity index (χ2v) is 5.64. The molecule has 0 heterocycles. The van der Waals surface area contributed by atoms with Gasteiger partial charge in [-0.3, -0.25) is 4.79 Å². The van der Waals surface area contributed by atoms with Gasteiger partial charge in [-0.25, -0.2) is 8.42 Å². The molecule has 0 fully saturated rings. The van der Waals surface area contributed by atoms with Crippen molar-refractivity contribution in [2.45, 2.75) is 12.2 Å². The van der Waals surface area contributed by atoms with E-state index in [0.29, 0.717) is 5.56 Å². The zero-order valence-corrected chi connectivity index (χ0v) is 10.0. The van der Waals surface area contributed by atoms with Crippen LogP contribution in [0.3, 0.4) is 0 Å². The maximum absolute atomic E-state index is 11.8. The maximum Gasteiger partial charge on any atom is 0.328 e. The third-order valence-electron chi connectivity index (χ3n) is 2.28. The molecule has 0 bridgehead atoms. The Kier molecular flexibility index (Phi) is 4.06. The van der Waals surface area contributed by atoms with Crippen molar-refractivity contribution in [2.75, 3.05) is 12.9 Å². The summed E-state index contributed by atoms with van der Waals surface area (Å²) in [6.45, 7) is 1.51. The van der Waals surface area contributed by atoms with Crippen LogP contribution in [0.2, 0.25) is 0 Å². The fraction of sp³-hybridized carbons (Fsp3) is 0.364. The molecule has 1 aromatic rings. The Morgan fingerprint density at radius 3 is 2.31 bits per heavy atom. The van der Waals surface area contributed by atoms with E-state index in [9.17, 15) is 13.2 Å². The monoisotopic (exact) mass is 242 g/mol. The predicted octanol–water partition coefficient (Wildman–Crippen LogP) is 1.34. The number of hydrogen-bond acceptors (Lipinski definition) is 4. The summed E-state index contributed by atoms with van der Waals surface area (Å²) in [5, 5.41) is -1.22. The first-order chi connectivity index (χ1) is 7.53. The molecule has 0 spiro atoms. The first-order valence-electron chi connectivity index (χ1n) is 4.87. The van der Waals surface area contributed by atoms with Crippen LogP contribution >= 0.6 is 0 Å². The smallest absolute Gasteiger partial charge is 0.328 e. The first kappa shape index (κ1) is 12.7. The minimum Gasteiger partial charge on any atom is -0.468 e. The van der Waals surface area contributed by atoms with Crippen molar-refractivity contribution < 1.29 is 17.9 Å². The molecule has 0 aromatic heterocycles. The van der Waals surface area contributed by atoms with Crippen LogP contribution in [-0.4, -0.2) is 27.2 Å². The third-order valence-corrected chi connectivity index (χ3v) is 4.27. The zero-order chi connectivity index (χ0) is 12.2. The van der Waals surface area contributed by atoms with Crippen molar-refractivity contribution in [1.29, 1.82) is 0 Å². The molecule has 0 amide bonds. The van der Waals surface area contributed by atoms with Crippen molar-refractivity contribution in [2.24, 2.45) is 0 Å². The average Bonchev–Trinajstić information content (AvgIpc) is 2.30. The van der Waals surface area contributed by atoms with Gasteiger partial charge in [0.15, 0.2) is 15.1 Å². The molecule has 1 rings (SSSR count). The van der Waals surface area contributed by atoms with Gasteiger partial charge in [0.25, 0.3) is 0 Å². The van der Waals surface area contributed by atoms with Gasteiger partial charge in [-0.1, -0.05) is 37.3 Å². The SMILES string of the molecule is CCS(=O)(=O)C(C(=O)OC)c1ccccc1. The molecule has 16 heavy (non-hydrogen) atoms. The summed E-state index contributed by atoms with van der Waals surface area (Å²) in [7, 11) is -2.32. The van der Waals surface area contributed by atoms with Crippen LogP contribution in [-0.2, 0) is 19.4 Å². The third kappa shape index (κ3) is 2.61. The number of carbonyl (C=O) groups is 1. The van der Waals surface area contributed by atoms with E-state index in [0.717, 1.165) is 0 Å². The second-order valence-electron chi connectivity index (χ2n) is 3.27. The topological polar surface area (TPSA) is 60.4 Å². The summed E-state index contributed by atoms with van der Waals surface area (Å²) in [6.07, 6.45) is 0. The molecule has 5 heteroatoms. The fourth-order valence-electron chi connectivity index (χ4n) is 1.39. The zero-order valence-electron chi connectivity index (χ0n) is 9.21. The van der Waals surface area contributed by atoms with Crippen LogP contribution in [0.15, 0.2) is 30.3 Å². The average molecular weight is 242 g/mol. The Labute approximate surface area is 95.2 Å². The summed E-state index contributed by atoms with van der Waals surface area (Å²) >= 11 is 0. The van der Waals surface area contributed by atoms with Crippen LogP contribution in [0.1, 0.15) is 17.7 Å². The summed E-state index contributed by atoms with van der Waals surface area (Å²) in [5.74, 6) is -0.838. The number of rotatable bonds is 4. The second kappa shape index (κ2) is 5.12. The van der Waals surface area contributed by atoms with E-state index in [2.05, 4.69) is 4.74 Å². The maximum atomic E-state index is 11.8. The molecule has 1 aromatic carbocycles. The van der Waals surface area contributed by atoms with Gasteiger partial charge < -0.3 is 4.74 Å². The van der Waals surface area contributed by atoms with Crippen molar-refractivity contribution in [3.63, 3.8) is 0 Å². The number of hydrogen-bond donors (Lipinski definition) is 0. The molecule has 0 radical (unpaired) electrons. The number of ether oxygens (including phenoxy) is 1. The highest BCUT2D eigenvalue weighted by molar-refractivity contribution is 7.92. The fourth-order valence-corrected chi connectivity index (χ4v) is 2.69. The number of carbonyl (C=O) groups excluding carboxylic acids is 1. The molecule has 4 nitrogen and oxygen atoms in total. The molecule has 0 aliphatic rings. The van der Waals surface area contributed by atoms with Gasteiger partial charge in [-0.2, -0.15) is 0 Å². The highest BCUT2D eigenvalue weighted by Crippen LogP contribution is 2.24. The van der Waals surface area contributed by atoms with Crippen molar-refractivity contribution in [3.05, 3.63) is 35.9 Å². The minimum atomic E-state index is -3.50. The number of benzene rings is 1. The van der Waals surface area contributed by atoms with Gasteiger partial charge in [-0.15, -0.1) is 0 Å². The largest absolute Gasteiger partial charge is 0.468 e. The Morgan fingerprint density at radius 2 is 1.88 bits per heavy atom. The molecule has 88 valence electrons. The lowest BCUT2D eigenvalue weighted by atomic mass is 10.1. The summed E-state index contributed by atoms with van der Waals surface area (Å²) < 4.78 is 28.1. The molecule has 0 saturated carbocycles. The highest BCUT2D eigenvalue weighted by atomic mass is 32.2. The van der Waals surface area contributed by atoms with E-state index >= 15 is 0 Å². The lowest BCUT2D eigenvalue weighted by Crippen LogP contribution is -2.24. The lowest BCUT2D eigenvalue weighted by Gasteiger charge is -2.14. The molecule has 0 N–H and O–H groups in total. The number of sulfone groups is 1. The van der Waals surface area contributed by atoms with Gasteiger partial charge in [0.05, 0.1) is 7.11 Å². The first-order valence-corrected chi connectivity index (χ1v) is 6.58. The quantitative estimate of drug-likeness (QED) is 0.747. The van der Waals surface area contributed by atoms with Crippen molar-refractivity contribution >= 4 is 15.8 Å². The van der Waals surface area contributed by atoms with Crippen molar-refractivity contribution in [3.8, 4) is 0 Å². The minimum absolute atomic E-state index is 0.0956. The van der Waals surface area contributed by atoms with Crippen LogP contribution in [0.5, 0.6) is 0 Å². The van der Waals surface area contributed by atoms with E-state index in [1.165, 1.54) is 14.0 Å². The van der Waals surface area contributed by atoms with Gasteiger partial charge in [0.1, 0.15) is 0 Å². The summed E-state index contributed by atoms with van der Waals surface area (Å²) in [5.41, 5.74) is 0.441. The number of esters is 1. The van der Waals surface area contributed by atoms with Gasteiger partial charge in [-0.05, 0) is 5.56 Å². The van der Waals surface area contributed by atoms with E-state index < -0.39 is 21.1 Å². The molecule has 0 aliphatic carbocycles. The highest BCUT2D eigenvalue weighted by Gasteiger charge is 2.33. The Morgan fingerprint density at radius 1 is 1.31 bits per heavy atom. The van der Waals surface area contributed by atoms with Gasteiger partial charge in [0, 0.05) is 5.75 Å². The van der Waals surface area contributed by atoms with Crippen LogP contribution in [0, 0.1) is 0 Å². The van der Waals surface area contributed by atoms with E-state index in [4.69, 9.17) is 0 Å². The molecular weight excluding hydrogens is 228 g/mol. The predicted molar refractivity (Wildman–Crippen MR) is 60.7 cm³/mol.